The summed E-state index contributed by atoms with van der Waals surface area (Å²) >= 11 is 0. The van der Waals surface area contributed by atoms with E-state index in [-0.39, 0.29) is 0 Å². The molecule has 0 radical (unpaired) electrons. The summed E-state index contributed by atoms with van der Waals surface area (Å²) in [6.45, 7) is 0. The molecule has 1 amide bonds. The SMILES string of the molecule is NC(=O)c1ccc(-n2c(C3=CCCC=C3)cc3c4ccccc4ccc32)cc1. The van der Waals surface area contributed by atoms with Gasteiger partial charge in [-0.2, -0.15) is 0 Å². The van der Waals surface area contributed by atoms with Gasteiger partial charge in [0.05, 0.1) is 11.2 Å². The highest BCUT2D eigenvalue weighted by Gasteiger charge is 2.16. The highest BCUT2D eigenvalue weighted by atomic mass is 16.1. The predicted octanol–water partition coefficient (Wildman–Crippen LogP) is 5.62. The van der Waals surface area contributed by atoms with E-state index in [9.17, 15) is 4.79 Å². The van der Waals surface area contributed by atoms with Crippen molar-refractivity contribution in [1.82, 2.24) is 4.57 Å². The number of allylic oxidation sites excluding steroid dienone is 4. The highest BCUT2D eigenvalue weighted by Crippen LogP contribution is 2.35. The fraction of sp³-hybridized carbons (Fsp3) is 0.0800. The third-order valence-electron chi connectivity index (χ3n) is 5.41. The molecular formula is C25H20N2O. The quantitative estimate of drug-likeness (QED) is 0.504. The van der Waals surface area contributed by atoms with Crippen LogP contribution in [0.3, 0.4) is 0 Å². The number of benzene rings is 3. The number of nitrogens with zero attached hydrogens (tertiary/aromatic N) is 1. The molecular weight excluding hydrogens is 344 g/mol. The third-order valence-corrected chi connectivity index (χ3v) is 5.41. The molecule has 0 fully saturated rings. The van der Waals surface area contributed by atoms with Gasteiger partial charge in [0.1, 0.15) is 0 Å². The number of fused-ring (bicyclic) bond motifs is 3. The Morgan fingerprint density at radius 2 is 1.71 bits per heavy atom. The Bertz CT molecular complexity index is 1270. The van der Waals surface area contributed by atoms with Crippen LogP contribution >= 0.6 is 0 Å². The topological polar surface area (TPSA) is 48.0 Å². The molecule has 3 aromatic carbocycles. The second kappa shape index (κ2) is 6.54. The van der Waals surface area contributed by atoms with Crippen LogP contribution in [0.5, 0.6) is 0 Å². The fourth-order valence-electron chi connectivity index (χ4n) is 4.03. The molecule has 0 saturated carbocycles. The summed E-state index contributed by atoms with van der Waals surface area (Å²) in [7, 11) is 0. The van der Waals surface area contributed by atoms with Gasteiger partial charge in [-0.1, -0.05) is 48.6 Å². The van der Waals surface area contributed by atoms with Crippen LogP contribution in [-0.4, -0.2) is 10.5 Å². The Morgan fingerprint density at radius 3 is 2.46 bits per heavy atom. The zero-order chi connectivity index (χ0) is 19.1. The number of primary amides is 1. The average molecular weight is 364 g/mol. The maximum Gasteiger partial charge on any atom is 0.248 e. The molecule has 3 nitrogen and oxygen atoms in total. The smallest absolute Gasteiger partial charge is 0.248 e. The van der Waals surface area contributed by atoms with E-state index in [0.29, 0.717) is 5.56 Å². The molecule has 1 aliphatic rings. The number of hydrogen-bond acceptors (Lipinski definition) is 1. The lowest BCUT2D eigenvalue weighted by molar-refractivity contribution is 0.100. The minimum absolute atomic E-state index is 0.409. The van der Waals surface area contributed by atoms with Crippen molar-refractivity contribution in [2.24, 2.45) is 5.73 Å². The van der Waals surface area contributed by atoms with Gasteiger partial charge in [0.25, 0.3) is 0 Å². The lowest BCUT2D eigenvalue weighted by Gasteiger charge is -2.14. The van der Waals surface area contributed by atoms with Crippen LogP contribution in [0.4, 0.5) is 0 Å². The van der Waals surface area contributed by atoms with Crippen molar-refractivity contribution in [2.45, 2.75) is 12.8 Å². The number of hydrogen-bond donors (Lipinski definition) is 1. The average Bonchev–Trinajstić information content (AvgIpc) is 3.14. The van der Waals surface area contributed by atoms with Crippen LogP contribution < -0.4 is 5.73 Å². The first kappa shape index (κ1) is 16.6. The zero-order valence-electron chi connectivity index (χ0n) is 15.4. The normalized spacial score (nSPS) is 13.8. The lowest BCUT2D eigenvalue weighted by Crippen LogP contribution is -2.10. The molecule has 136 valence electrons. The Morgan fingerprint density at radius 1 is 0.893 bits per heavy atom. The molecule has 5 rings (SSSR count). The summed E-state index contributed by atoms with van der Waals surface area (Å²) in [5, 5.41) is 3.71. The maximum absolute atomic E-state index is 11.5. The van der Waals surface area contributed by atoms with E-state index in [4.69, 9.17) is 5.73 Å². The van der Waals surface area contributed by atoms with Gasteiger partial charge in [0.2, 0.25) is 5.91 Å². The first-order valence-electron chi connectivity index (χ1n) is 9.53. The molecule has 28 heavy (non-hydrogen) atoms. The number of amides is 1. The van der Waals surface area contributed by atoms with Crippen LogP contribution in [-0.2, 0) is 0 Å². The van der Waals surface area contributed by atoms with Crippen molar-refractivity contribution in [3.8, 4) is 5.69 Å². The number of carbonyl (C=O) groups excluding carboxylic acids is 1. The predicted molar refractivity (Wildman–Crippen MR) is 116 cm³/mol. The summed E-state index contributed by atoms with van der Waals surface area (Å²) in [4.78, 5) is 11.5. The van der Waals surface area contributed by atoms with Gasteiger partial charge in [-0.05, 0) is 65.6 Å². The molecule has 0 spiro atoms. The molecule has 0 saturated heterocycles. The van der Waals surface area contributed by atoms with E-state index in [1.807, 2.05) is 12.1 Å². The standard InChI is InChI=1S/C25H20N2O/c26-25(28)19-10-13-20(14-11-19)27-23-15-12-17-6-4-5-9-21(17)22(23)16-24(27)18-7-2-1-3-8-18/h2,4-16H,1,3H2,(H2,26,28). The van der Waals surface area contributed by atoms with Gasteiger partial charge in [-0.15, -0.1) is 0 Å². The van der Waals surface area contributed by atoms with Crippen molar-refractivity contribution >= 4 is 33.2 Å². The molecule has 0 atom stereocenters. The monoisotopic (exact) mass is 364 g/mol. The van der Waals surface area contributed by atoms with E-state index in [1.165, 1.54) is 21.7 Å². The summed E-state index contributed by atoms with van der Waals surface area (Å²) in [5.41, 5.74) is 10.5. The van der Waals surface area contributed by atoms with E-state index < -0.39 is 5.91 Å². The second-order valence-electron chi connectivity index (χ2n) is 7.13. The first-order valence-corrected chi connectivity index (χ1v) is 9.53. The third kappa shape index (κ3) is 2.64. The minimum atomic E-state index is -0.409. The molecule has 1 heterocycles. The number of carbonyl (C=O) groups is 1. The number of rotatable bonds is 3. The van der Waals surface area contributed by atoms with Gasteiger partial charge in [-0.3, -0.25) is 4.79 Å². The van der Waals surface area contributed by atoms with Crippen molar-refractivity contribution in [3.05, 3.63) is 96.2 Å². The maximum atomic E-state index is 11.5. The van der Waals surface area contributed by atoms with Gasteiger partial charge < -0.3 is 10.3 Å². The summed E-state index contributed by atoms with van der Waals surface area (Å²) < 4.78 is 2.27. The Balaban J connectivity index is 1.82. The summed E-state index contributed by atoms with van der Waals surface area (Å²) in [6, 6.07) is 22.6. The Labute approximate surface area is 163 Å². The van der Waals surface area contributed by atoms with Crippen LogP contribution in [0.1, 0.15) is 28.9 Å². The lowest BCUT2D eigenvalue weighted by atomic mass is 10.0. The van der Waals surface area contributed by atoms with Crippen LogP contribution in [0.2, 0.25) is 0 Å². The molecule has 3 heteroatoms. The molecule has 1 aromatic heterocycles. The van der Waals surface area contributed by atoms with Crippen LogP contribution in [0.25, 0.3) is 32.9 Å². The van der Waals surface area contributed by atoms with Crippen molar-refractivity contribution in [1.29, 1.82) is 0 Å². The van der Waals surface area contributed by atoms with Crippen LogP contribution in [0.15, 0.2) is 85.0 Å². The van der Waals surface area contributed by atoms with Crippen molar-refractivity contribution in [3.63, 3.8) is 0 Å². The van der Waals surface area contributed by atoms with Crippen LogP contribution in [0, 0.1) is 0 Å². The highest BCUT2D eigenvalue weighted by molar-refractivity contribution is 6.08. The number of aromatic nitrogens is 1. The number of nitrogens with two attached hydrogens (primary N) is 1. The molecule has 0 aliphatic heterocycles. The van der Waals surface area contributed by atoms with Gasteiger partial charge in [-0.25, -0.2) is 0 Å². The summed E-state index contributed by atoms with van der Waals surface area (Å²) in [6.07, 6.45) is 8.86. The van der Waals surface area contributed by atoms with E-state index in [2.05, 4.69) is 65.3 Å². The molecule has 0 bridgehead atoms. The largest absolute Gasteiger partial charge is 0.366 e. The zero-order valence-corrected chi connectivity index (χ0v) is 15.4. The second-order valence-corrected chi connectivity index (χ2v) is 7.13. The molecule has 2 N–H and O–H groups in total. The first-order chi connectivity index (χ1) is 13.7. The summed E-state index contributed by atoms with van der Waals surface area (Å²) in [5.74, 6) is -0.409. The van der Waals surface area contributed by atoms with Gasteiger partial charge in [0.15, 0.2) is 0 Å². The van der Waals surface area contributed by atoms with Gasteiger partial charge >= 0.3 is 0 Å². The van der Waals surface area contributed by atoms with Gasteiger partial charge in [0, 0.05) is 16.6 Å². The van der Waals surface area contributed by atoms with E-state index in [0.717, 1.165) is 29.7 Å². The molecule has 4 aromatic rings. The van der Waals surface area contributed by atoms with E-state index in [1.54, 1.807) is 12.1 Å². The van der Waals surface area contributed by atoms with Crippen molar-refractivity contribution in [2.75, 3.05) is 0 Å². The Hall–Kier alpha value is -3.59. The fourth-order valence-corrected chi connectivity index (χ4v) is 4.03. The van der Waals surface area contributed by atoms with E-state index >= 15 is 0 Å². The minimum Gasteiger partial charge on any atom is -0.366 e. The Kier molecular flexibility index (Phi) is 3.87. The molecule has 1 aliphatic carbocycles. The molecule has 0 unspecified atom stereocenters. The van der Waals surface area contributed by atoms with Crippen molar-refractivity contribution < 1.29 is 4.79 Å².